The first-order chi connectivity index (χ1) is 16.0. The number of methoxy groups -OCH3 is 1. The zero-order valence-electron chi connectivity index (χ0n) is 19.7. The zero-order chi connectivity index (χ0) is 24.7. The van der Waals surface area contributed by atoms with Crippen molar-refractivity contribution in [3.05, 3.63) is 42.0 Å². The largest absolute Gasteiger partial charge is 0.573 e. The van der Waals surface area contributed by atoms with Gasteiger partial charge in [0.05, 0.1) is 24.8 Å². The fourth-order valence-electron chi connectivity index (χ4n) is 5.30. The van der Waals surface area contributed by atoms with Gasteiger partial charge in [0.25, 0.3) is 0 Å². The van der Waals surface area contributed by atoms with Crippen molar-refractivity contribution in [2.45, 2.75) is 59.0 Å². The molecule has 2 aromatic carbocycles. The summed E-state index contributed by atoms with van der Waals surface area (Å²) >= 11 is 0. The second-order valence-corrected chi connectivity index (χ2v) is 9.88. The number of aliphatic hydroxyl groups is 1. The molecule has 4 rings (SSSR count). The van der Waals surface area contributed by atoms with E-state index in [0.29, 0.717) is 34.4 Å². The molecule has 2 atom stereocenters. The van der Waals surface area contributed by atoms with E-state index in [0.717, 1.165) is 24.8 Å². The summed E-state index contributed by atoms with van der Waals surface area (Å²) in [6, 6.07) is 9.46. The van der Waals surface area contributed by atoms with Gasteiger partial charge in [-0.3, -0.25) is 0 Å². The number of hydrogen-bond acceptors (Lipinski definition) is 5. The Hall–Kier alpha value is -2.94. The van der Waals surface area contributed by atoms with Crippen LogP contribution in [0.2, 0.25) is 0 Å². The molecule has 1 saturated carbocycles. The Bertz CT molecular complexity index is 1160. The van der Waals surface area contributed by atoms with E-state index < -0.39 is 6.36 Å². The molecule has 0 unspecified atom stereocenters. The molecule has 1 aliphatic carbocycles. The van der Waals surface area contributed by atoms with Gasteiger partial charge in [-0.15, -0.1) is 13.2 Å². The molecule has 3 aromatic rings. The van der Waals surface area contributed by atoms with Crippen LogP contribution in [0.15, 0.2) is 36.4 Å². The number of imidazole rings is 1. The first-order valence-electron chi connectivity index (χ1n) is 11.3. The highest BCUT2D eigenvalue weighted by Gasteiger charge is 2.35. The van der Waals surface area contributed by atoms with Gasteiger partial charge in [0.2, 0.25) is 5.95 Å². The lowest BCUT2D eigenvalue weighted by molar-refractivity contribution is -0.274. The highest BCUT2D eigenvalue weighted by Crippen LogP contribution is 2.46. The lowest BCUT2D eigenvalue weighted by Gasteiger charge is -2.40. The molecule has 9 heteroatoms. The summed E-state index contributed by atoms with van der Waals surface area (Å²) in [6.45, 7) is 6.62. The number of fused-ring (bicyclic) bond motifs is 1. The highest BCUT2D eigenvalue weighted by molar-refractivity contribution is 5.82. The minimum Gasteiger partial charge on any atom is -0.496 e. The van der Waals surface area contributed by atoms with Gasteiger partial charge < -0.3 is 24.5 Å². The molecule has 184 valence electrons. The van der Waals surface area contributed by atoms with Crippen LogP contribution in [0, 0.1) is 11.3 Å². The molecule has 0 spiro atoms. The molecular weight excluding hydrogens is 447 g/mol. The first kappa shape index (κ1) is 24.2. The average molecular weight is 478 g/mol. The Kier molecular flexibility index (Phi) is 6.42. The average Bonchev–Trinajstić information content (AvgIpc) is 3.08. The van der Waals surface area contributed by atoms with E-state index in [1.165, 1.54) is 24.3 Å². The van der Waals surface area contributed by atoms with E-state index in [-0.39, 0.29) is 23.8 Å². The van der Waals surface area contributed by atoms with E-state index in [9.17, 15) is 18.3 Å². The molecule has 1 heterocycles. The first-order valence-corrected chi connectivity index (χ1v) is 11.3. The van der Waals surface area contributed by atoms with Crippen molar-refractivity contribution in [3.8, 4) is 11.5 Å². The topological polar surface area (TPSA) is 68.5 Å². The van der Waals surface area contributed by atoms with Gasteiger partial charge in [-0.2, -0.15) is 0 Å². The summed E-state index contributed by atoms with van der Waals surface area (Å²) in [4.78, 5) is 4.80. The van der Waals surface area contributed by atoms with Crippen molar-refractivity contribution >= 4 is 22.7 Å². The molecule has 0 amide bonds. The molecular formula is C25H30F3N3O3. The Morgan fingerprint density at radius 3 is 2.47 bits per heavy atom. The Morgan fingerprint density at radius 1 is 1.18 bits per heavy atom. The zero-order valence-corrected chi connectivity index (χ0v) is 19.7. The minimum absolute atomic E-state index is 0.155. The predicted octanol–water partition coefficient (Wildman–Crippen LogP) is 6.57. The molecule has 34 heavy (non-hydrogen) atoms. The van der Waals surface area contributed by atoms with Crippen LogP contribution in [0.3, 0.4) is 0 Å². The number of aromatic nitrogens is 2. The van der Waals surface area contributed by atoms with E-state index in [4.69, 9.17) is 9.72 Å². The molecule has 0 radical (unpaired) electrons. The molecule has 6 nitrogen and oxygen atoms in total. The van der Waals surface area contributed by atoms with Gasteiger partial charge in [-0.1, -0.05) is 20.8 Å². The predicted molar refractivity (Wildman–Crippen MR) is 124 cm³/mol. The third-order valence-corrected chi connectivity index (χ3v) is 6.33. The third-order valence-electron chi connectivity index (χ3n) is 6.33. The number of benzene rings is 2. The molecule has 0 aliphatic heterocycles. The Labute approximate surface area is 196 Å². The van der Waals surface area contributed by atoms with E-state index in [2.05, 4.69) is 35.4 Å². The molecule has 0 bridgehead atoms. The number of alkyl halides is 3. The van der Waals surface area contributed by atoms with Crippen LogP contribution in [0.5, 0.6) is 11.5 Å². The second-order valence-electron chi connectivity index (χ2n) is 9.88. The maximum Gasteiger partial charge on any atom is 0.573 e. The summed E-state index contributed by atoms with van der Waals surface area (Å²) < 4.78 is 49.2. The van der Waals surface area contributed by atoms with Crippen LogP contribution < -0.4 is 14.8 Å². The number of halogens is 3. The van der Waals surface area contributed by atoms with Crippen LogP contribution in [0.25, 0.3) is 11.0 Å². The van der Waals surface area contributed by atoms with Gasteiger partial charge in [-0.25, -0.2) is 4.98 Å². The maximum atomic E-state index is 12.5. The number of rotatable bonds is 6. The summed E-state index contributed by atoms with van der Waals surface area (Å²) in [5.41, 5.74) is 2.96. The number of aliphatic hydroxyl groups excluding tert-OH is 1. The molecule has 2 N–H and O–H groups in total. The summed E-state index contributed by atoms with van der Waals surface area (Å²) in [6.07, 6.45) is -1.67. The quantitative estimate of drug-likeness (QED) is 0.420. The summed E-state index contributed by atoms with van der Waals surface area (Å²) in [7, 11) is 1.57. The molecule has 1 aromatic heterocycles. The van der Waals surface area contributed by atoms with Crippen LogP contribution >= 0.6 is 0 Å². The van der Waals surface area contributed by atoms with E-state index in [1.54, 1.807) is 7.11 Å². The number of hydrogen-bond donors (Lipinski definition) is 2. The van der Waals surface area contributed by atoms with Crippen molar-refractivity contribution in [1.29, 1.82) is 0 Å². The van der Waals surface area contributed by atoms with Crippen molar-refractivity contribution in [3.63, 3.8) is 0 Å². The number of nitrogens with zero attached hydrogens (tertiary/aromatic N) is 2. The monoisotopic (exact) mass is 477 g/mol. The summed E-state index contributed by atoms with van der Waals surface area (Å²) in [5, 5.41) is 13.0. The van der Waals surface area contributed by atoms with Gasteiger partial charge in [0, 0.05) is 23.4 Å². The number of ether oxygens (including phenoxy) is 2. The fourth-order valence-corrected chi connectivity index (χ4v) is 5.30. The van der Waals surface area contributed by atoms with Gasteiger partial charge in [0.1, 0.15) is 11.5 Å². The molecule has 0 saturated heterocycles. The second kappa shape index (κ2) is 9.02. The third kappa shape index (κ3) is 5.24. The lowest BCUT2D eigenvalue weighted by atomic mass is 9.70. The Morgan fingerprint density at radius 2 is 1.88 bits per heavy atom. The maximum absolute atomic E-state index is 12.5. The van der Waals surface area contributed by atoms with Crippen molar-refractivity contribution in [2.75, 3.05) is 12.4 Å². The lowest BCUT2D eigenvalue weighted by Crippen LogP contribution is -2.29. The van der Waals surface area contributed by atoms with Crippen molar-refractivity contribution in [2.24, 2.45) is 11.3 Å². The normalized spacial score (nSPS) is 20.4. The fraction of sp³-hybridized carbons (Fsp3) is 0.480. The van der Waals surface area contributed by atoms with Crippen LogP contribution in [-0.2, 0) is 6.61 Å². The van der Waals surface area contributed by atoms with Crippen molar-refractivity contribution in [1.82, 2.24) is 9.55 Å². The van der Waals surface area contributed by atoms with Crippen molar-refractivity contribution < 1.29 is 27.8 Å². The number of nitrogens with one attached hydrogen (secondary N) is 1. The standard InChI is InChI=1S/C25H30F3N3O3/c1-15-9-18(13-24(2,3)12-15)31-21-11-22(33-4)16(14-32)10-20(21)30-23(31)29-17-5-7-19(8-6-17)34-25(26,27)28/h5-8,10-11,15,18,32H,9,12-14H2,1-4H3,(H,29,30)/t15-,18+/m1/s1. The summed E-state index contributed by atoms with van der Waals surface area (Å²) in [5.74, 6) is 1.41. The number of anilines is 2. The van der Waals surface area contributed by atoms with E-state index in [1.807, 2.05) is 12.1 Å². The van der Waals surface area contributed by atoms with Gasteiger partial charge in [-0.05, 0) is 60.9 Å². The van der Waals surface area contributed by atoms with Crippen LogP contribution in [0.1, 0.15) is 51.6 Å². The highest BCUT2D eigenvalue weighted by atomic mass is 19.4. The smallest absolute Gasteiger partial charge is 0.496 e. The molecule has 1 fully saturated rings. The molecule has 1 aliphatic rings. The van der Waals surface area contributed by atoms with Gasteiger partial charge in [0.15, 0.2) is 0 Å². The SMILES string of the molecule is COc1cc2c(cc1CO)nc(Nc1ccc(OC(F)(F)F)cc1)n2[C@H]1C[C@@H](C)CC(C)(C)C1. The van der Waals surface area contributed by atoms with E-state index >= 15 is 0 Å². The van der Waals surface area contributed by atoms with Crippen LogP contribution in [-0.4, -0.2) is 28.1 Å². The Balaban J connectivity index is 1.76. The van der Waals surface area contributed by atoms with Crippen LogP contribution in [0.4, 0.5) is 24.8 Å². The van der Waals surface area contributed by atoms with Gasteiger partial charge >= 0.3 is 6.36 Å². The minimum atomic E-state index is -4.74.